The van der Waals surface area contributed by atoms with Crippen molar-refractivity contribution in [1.29, 1.82) is 0 Å². The quantitative estimate of drug-likeness (QED) is 0.531. The lowest BCUT2D eigenvalue weighted by atomic mass is 10.1. The van der Waals surface area contributed by atoms with Crippen LogP contribution < -0.4 is 9.64 Å². The molecule has 0 spiro atoms. The number of benzene rings is 1. The summed E-state index contributed by atoms with van der Waals surface area (Å²) < 4.78 is 24.3. The van der Waals surface area contributed by atoms with E-state index in [4.69, 9.17) is 30.5 Å². The molecule has 3 aliphatic heterocycles. The lowest BCUT2D eigenvalue weighted by Gasteiger charge is -2.36. The van der Waals surface area contributed by atoms with Gasteiger partial charge in [0, 0.05) is 34.8 Å². The molecule has 0 aromatic heterocycles. The molecule has 0 bridgehead atoms. The Labute approximate surface area is 203 Å². The van der Waals surface area contributed by atoms with E-state index in [9.17, 15) is 4.79 Å². The molecular formula is C23H32BrClN2O5. The van der Waals surface area contributed by atoms with Gasteiger partial charge in [-0.05, 0) is 68.5 Å². The van der Waals surface area contributed by atoms with Crippen molar-refractivity contribution in [3.63, 3.8) is 0 Å². The molecule has 7 nitrogen and oxygen atoms in total. The van der Waals surface area contributed by atoms with Gasteiger partial charge in [-0.2, -0.15) is 0 Å². The molecule has 9 heteroatoms. The van der Waals surface area contributed by atoms with Gasteiger partial charge in [0.1, 0.15) is 18.0 Å². The number of carbonyl (C=O) groups is 1. The van der Waals surface area contributed by atoms with Gasteiger partial charge in [-0.3, -0.25) is 0 Å². The highest BCUT2D eigenvalue weighted by Crippen LogP contribution is 2.43. The molecular weight excluding hydrogens is 500 g/mol. The number of hydrogen-bond donors (Lipinski definition) is 0. The third-order valence-electron chi connectivity index (χ3n) is 5.94. The molecule has 1 unspecified atom stereocenters. The van der Waals surface area contributed by atoms with Crippen molar-refractivity contribution >= 4 is 39.3 Å². The maximum absolute atomic E-state index is 13.1. The highest BCUT2D eigenvalue weighted by atomic mass is 79.9. The number of anilines is 1. The molecule has 2 saturated heterocycles. The highest BCUT2D eigenvalue weighted by Gasteiger charge is 2.42. The van der Waals surface area contributed by atoms with Crippen LogP contribution in [0.15, 0.2) is 16.6 Å². The van der Waals surface area contributed by atoms with E-state index in [1.165, 1.54) is 0 Å². The van der Waals surface area contributed by atoms with E-state index in [0.29, 0.717) is 24.8 Å². The molecule has 0 saturated carbocycles. The zero-order valence-electron chi connectivity index (χ0n) is 18.9. The van der Waals surface area contributed by atoms with Crippen LogP contribution in [-0.2, 0) is 14.2 Å². The van der Waals surface area contributed by atoms with E-state index in [1.807, 2.05) is 37.8 Å². The minimum absolute atomic E-state index is 0.0854. The first-order valence-electron chi connectivity index (χ1n) is 11.3. The molecule has 0 radical (unpaired) electrons. The van der Waals surface area contributed by atoms with Gasteiger partial charge in [-0.1, -0.05) is 11.6 Å². The molecule has 1 amide bonds. The van der Waals surface area contributed by atoms with Crippen molar-refractivity contribution in [3.8, 4) is 5.75 Å². The van der Waals surface area contributed by atoms with Gasteiger partial charge in [0.05, 0.1) is 24.9 Å². The van der Waals surface area contributed by atoms with Gasteiger partial charge < -0.3 is 28.7 Å². The molecule has 1 aromatic rings. The van der Waals surface area contributed by atoms with Crippen molar-refractivity contribution in [2.45, 2.75) is 70.4 Å². The maximum atomic E-state index is 13.1. The number of fused-ring (bicyclic) bond motifs is 1. The minimum atomic E-state index is -0.557. The predicted molar refractivity (Wildman–Crippen MR) is 127 cm³/mol. The van der Waals surface area contributed by atoms with Crippen LogP contribution in [0.5, 0.6) is 5.75 Å². The summed E-state index contributed by atoms with van der Waals surface area (Å²) in [5.74, 6) is 0.759. The second-order valence-electron chi connectivity index (χ2n) is 9.58. The van der Waals surface area contributed by atoms with Gasteiger partial charge in [0.25, 0.3) is 0 Å². The number of rotatable bonds is 4. The second-order valence-corrected chi connectivity index (χ2v) is 10.9. The van der Waals surface area contributed by atoms with Gasteiger partial charge in [-0.15, -0.1) is 0 Å². The summed E-state index contributed by atoms with van der Waals surface area (Å²) in [5, 5.41) is 0.623. The van der Waals surface area contributed by atoms with E-state index in [-0.39, 0.29) is 24.5 Å². The molecule has 0 aliphatic carbocycles. The summed E-state index contributed by atoms with van der Waals surface area (Å²) in [4.78, 5) is 17.2. The van der Waals surface area contributed by atoms with Crippen molar-refractivity contribution < 1.29 is 23.7 Å². The van der Waals surface area contributed by atoms with Crippen LogP contribution >= 0.6 is 27.5 Å². The van der Waals surface area contributed by atoms with Crippen molar-refractivity contribution in [2.75, 3.05) is 37.8 Å². The van der Waals surface area contributed by atoms with E-state index in [1.54, 1.807) is 0 Å². The number of likely N-dealkylation sites (tertiary alicyclic amines) is 1. The zero-order valence-corrected chi connectivity index (χ0v) is 21.3. The number of ether oxygens (including phenoxy) is 4. The van der Waals surface area contributed by atoms with Crippen LogP contribution in [-0.4, -0.2) is 67.9 Å². The largest absolute Gasteiger partial charge is 0.489 e. The Morgan fingerprint density at radius 1 is 1.28 bits per heavy atom. The Kier molecular flexibility index (Phi) is 7.44. The number of halogens is 2. The zero-order chi connectivity index (χ0) is 22.9. The van der Waals surface area contributed by atoms with E-state index in [2.05, 4.69) is 20.8 Å². The highest BCUT2D eigenvalue weighted by molar-refractivity contribution is 9.10. The Morgan fingerprint density at radius 2 is 2.09 bits per heavy atom. The fraction of sp³-hybridized carbons (Fsp3) is 0.696. The van der Waals surface area contributed by atoms with E-state index < -0.39 is 5.60 Å². The first kappa shape index (κ1) is 23.9. The standard InChI is InChI=1S/C23H32BrClN2O5/c1-23(2,3)32-22(28)27-13-16(12-17(27)14-31-20-6-4-5-8-30-20)26-7-9-29-19-11-15(25)10-18(24)21(19)26/h10-11,16-17,20H,4-9,12-14H2,1-3H3/t16-,17+,20?/m0/s1. The summed E-state index contributed by atoms with van der Waals surface area (Å²) in [7, 11) is 0. The van der Waals surface area contributed by atoms with Crippen LogP contribution in [0.25, 0.3) is 0 Å². The minimum Gasteiger partial charge on any atom is -0.489 e. The van der Waals surface area contributed by atoms with E-state index in [0.717, 1.165) is 54.7 Å². The second kappa shape index (κ2) is 9.95. The average Bonchev–Trinajstić information content (AvgIpc) is 3.15. The maximum Gasteiger partial charge on any atom is 0.410 e. The van der Waals surface area contributed by atoms with Gasteiger partial charge in [0.15, 0.2) is 6.29 Å². The van der Waals surface area contributed by atoms with Gasteiger partial charge >= 0.3 is 6.09 Å². The molecule has 3 heterocycles. The van der Waals surface area contributed by atoms with Gasteiger partial charge in [0.2, 0.25) is 0 Å². The number of hydrogen-bond acceptors (Lipinski definition) is 6. The fourth-order valence-electron chi connectivity index (χ4n) is 4.54. The van der Waals surface area contributed by atoms with Gasteiger partial charge in [-0.25, -0.2) is 4.79 Å². The Bertz CT molecular complexity index is 827. The topological polar surface area (TPSA) is 60.5 Å². The van der Waals surface area contributed by atoms with Crippen LogP contribution in [0, 0.1) is 0 Å². The van der Waals surface area contributed by atoms with E-state index >= 15 is 0 Å². The van der Waals surface area contributed by atoms with Crippen molar-refractivity contribution in [1.82, 2.24) is 4.90 Å². The molecule has 4 rings (SSSR count). The van der Waals surface area contributed by atoms with Crippen LogP contribution in [0.1, 0.15) is 46.5 Å². The molecule has 0 N–H and O–H groups in total. The van der Waals surface area contributed by atoms with Crippen molar-refractivity contribution in [2.24, 2.45) is 0 Å². The molecule has 3 atom stereocenters. The van der Waals surface area contributed by atoms with Crippen LogP contribution in [0.3, 0.4) is 0 Å². The normalized spacial score (nSPS) is 26.0. The third kappa shape index (κ3) is 5.64. The molecule has 178 valence electrons. The molecule has 3 aliphatic rings. The number of carbonyl (C=O) groups excluding carboxylic acids is 1. The van der Waals surface area contributed by atoms with Crippen LogP contribution in [0.4, 0.5) is 10.5 Å². The van der Waals surface area contributed by atoms with Crippen LogP contribution in [0.2, 0.25) is 5.02 Å². The first-order chi connectivity index (χ1) is 15.2. The average molecular weight is 532 g/mol. The summed E-state index contributed by atoms with van der Waals surface area (Å²) >= 11 is 9.88. The molecule has 1 aromatic carbocycles. The smallest absolute Gasteiger partial charge is 0.410 e. The third-order valence-corrected chi connectivity index (χ3v) is 6.77. The monoisotopic (exact) mass is 530 g/mol. The summed E-state index contributed by atoms with van der Waals surface area (Å²) in [5.41, 5.74) is 0.422. The lowest BCUT2D eigenvalue weighted by molar-refractivity contribution is -0.168. The molecule has 2 fully saturated rings. The summed E-state index contributed by atoms with van der Waals surface area (Å²) in [6.45, 7) is 8.69. The Morgan fingerprint density at radius 3 is 2.81 bits per heavy atom. The fourth-order valence-corrected chi connectivity index (χ4v) is 5.55. The Hall–Kier alpha value is -1.22. The summed E-state index contributed by atoms with van der Waals surface area (Å²) in [6, 6.07) is 3.75. The Balaban J connectivity index is 1.52. The first-order valence-corrected chi connectivity index (χ1v) is 12.5. The van der Waals surface area contributed by atoms with Crippen molar-refractivity contribution in [3.05, 3.63) is 21.6 Å². The summed E-state index contributed by atoms with van der Waals surface area (Å²) in [6.07, 6.45) is 3.36. The predicted octanol–water partition coefficient (Wildman–Crippen LogP) is 5.22. The molecule has 32 heavy (non-hydrogen) atoms. The number of amides is 1. The SMILES string of the molecule is CC(C)(C)OC(=O)N1C[C@@H](N2CCOc3cc(Cl)cc(Br)c32)C[C@@H]1COC1CCCCO1. The number of nitrogens with zero attached hydrogens (tertiary/aromatic N) is 2. The lowest BCUT2D eigenvalue weighted by Crippen LogP contribution is -2.45.